The zero-order valence-corrected chi connectivity index (χ0v) is 15.0. The van der Waals surface area contributed by atoms with Crippen LogP contribution in [0.5, 0.6) is 5.75 Å². The van der Waals surface area contributed by atoms with Crippen LogP contribution in [0.15, 0.2) is 60.7 Å². The number of hydrogen-bond donors (Lipinski definition) is 1. The van der Waals surface area contributed by atoms with E-state index in [4.69, 9.17) is 16.3 Å². The Labute approximate surface area is 152 Å². The summed E-state index contributed by atoms with van der Waals surface area (Å²) in [6, 6.07) is 19.2. The minimum absolute atomic E-state index is 0.161. The third kappa shape index (κ3) is 3.94. The van der Waals surface area contributed by atoms with Crippen molar-refractivity contribution in [2.45, 2.75) is 26.4 Å². The Morgan fingerprint density at radius 2 is 1.88 bits per heavy atom. The Bertz CT molecular complexity index is 902. The van der Waals surface area contributed by atoms with Crippen LogP contribution < -0.4 is 10.1 Å². The molecule has 0 saturated heterocycles. The van der Waals surface area contributed by atoms with Crippen molar-refractivity contribution >= 4 is 34.0 Å². The van der Waals surface area contributed by atoms with Gasteiger partial charge in [0.15, 0.2) is 6.10 Å². The van der Waals surface area contributed by atoms with E-state index < -0.39 is 6.10 Å². The Morgan fingerprint density at radius 1 is 1.12 bits per heavy atom. The summed E-state index contributed by atoms with van der Waals surface area (Å²) in [5, 5.41) is 5.77. The quantitative estimate of drug-likeness (QED) is 0.648. The van der Waals surface area contributed by atoms with Crippen molar-refractivity contribution in [3.8, 4) is 5.75 Å². The maximum Gasteiger partial charge on any atom is 0.265 e. The predicted molar refractivity (Wildman–Crippen MR) is 103 cm³/mol. The molecule has 0 bridgehead atoms. The van der Waals surface area contributed by atoms with Crippen LogP contribution in [0.2, 0.25) is 5.02 Å². The normalized spacial score (nSPS) is 12.0. The summed E-state index contributed by atoms with van der Waals surface area (Å²) in [6.45, 7) is 3.84. The number of carbonyl (C=O) groups is 1. The van der Waals surface area contributed by atoms with Gasteiger partial charge in [-0.15, -0.1) is 0 Å². The second-order valence-electron chi connectivity index (χ2n) is 5.94. The van der Waals surface area contributed by atoms with Gasteiger partial charge in [0, 0.05) is 16.1 Å². The van der Waals surface area contributed by atoms with E-state index in [-0.39, 0.29) is 5.91 Å². The molecule has 0 aliphatic heterocycles. The van der Waals surface area contributed by atoms with E-state index in [9.17, 15) is 4.79 Å². The summed E-state index contributed by atoms with van der Waals surface area (Å²) in [6.07, 6.45) is -0.00214. The van der Waals surface area contributed by atoms with Crippen molar-refractivity contribution in [2.75, 3.05) is 5.32 Å². The van der Waals surface area contributed by atoms with Gasteiger partial charge in [0.1, 0.15) is 5.75 Å². The topological polar surface area (TPSA) is 38.3 Å². The minimum Gasteiger partial charge on any atom is -0.481 e. The number of ether oxygens (including phenoxy) is 1. The minimum atomic E-state index is -0.570. The average molecular weight is 354 g/mol. The van der Waals surface area contributed by atoms with Crippen molar-refractivity contribution in [1.82, 2.24) is 0 Å². The summed E-state index contributed by atoms with van der Waals surface area (Å²) >= 11 is 6.04. The number of amides is 1. The number of halogens is 1. The summed E-state index contributed by atoms with van der Waals surface area (Å²) in [7, 11) is 0. The number of rotatable bonds is 5. The van der Waals surface area contributed by atoms with Gasteiger partial charge < -0.3 is 10.1 Å². The molecule has 1 atom stereocenters. The number of benzene rings is 3. The monoisotopic (exact) mass is 353 g/mol. The molecule has 0 aromatic heterocycles. The fraction of sp³-hybridized carbons (Fsp3) is 0.190. The number of nitrogens with one attached hydrogen (secondary N) is 1. The number of carbonyl (C=O) groups excluding carboxylic acids is 1. The largest absolute Gasteiger partial charge is 0.481 e. The van der Waals surface area contributed by atoms with Gasteiger partial charge in [0.2, 0.25) is 0 Å². The lowest BCUT2D eigenvalue weighted by atomic mass is 10.1. The van der Waals surface area contributed by atoms with E-state index in [1.807, 2.05) is 62.4 Å². The molecule has 0 radical (unpaired) electrons. The third-order valence-corrected chi connectivity index (χ3v) is 4.54. The molecule has 4 heteroatoms. The molecule has 3 aromatic carbocycles. The van der Waals surface area contributed by atoms with Gasteiger partial charge in [-0.1, -0.05) is 54.9 Å². The summed E-state index contributed by atoms with van der Waals surface area (Å²) < 4.78 is 5.87. The summed E-state index contributed by atoms with van der Waals surface area (Å²) in [5.74, 6) is 0.480. The molecule has 0 heterocycles. The smallest absolute Gasteiger partial charge is 0.265 e. The molecule has 3 aromatic rings. The molecule has 128 valence electrons. The zero-order chi connectivity index (χ0) is 17.8. The molecular formula is C21H20ClNO2. The summed E-state index contributed by atoms with van der Waals surface area (Å²) in [4.78, 5) is 12.7. The predicted octanol–water partition coefficient (Wildman–Crippen LogP) is 5.60. The van der Waals surface area contributed by atoms with E-state index in [0.29, 0.717) is 17.2 Å². The Kier molecular flexibility index (Phi) is 5.25. The molecule has 25 heavy (non-hydrogen) atoms. The zero-order valence-electron chi connectivity index (χ0n) is 14.3. The van der Waals surface area contributed by atoms with Crippen LogP contribution in [0.3, 0.4) is 0 Å². The second kappa shape index (κ2) is 7.58. The molecule has 0 fully saturated rings. The van der Waals surface area contributed by atoms with Crippen LogP contribution >= 0.6 is 11.6 Å². The maximum atomic E-state index is 12.7. The molecule has 0 unspecified atom stereocenters. The van der Waals surface area contributed by atoms with E-state index in [1.54, 1.807) is 12.1 Å². The molecule has 0 saturated carbocycles. The summed E-state index contributed by atoms with van der Waals surface area (Å²) in [5.41, 5.74) is 1.71. The average Bonchev–Trinajstić information content (AvgIpc) is 2.63. The van der Waals surface area contributed by atoms with Gasteiger partial charge >= 0.3 is 0 Å². The van der Waals surface area contributed by atoms with Crippen LogP contribution in [0.4, 0.5) is 5.69 Å². The fourth-order valence-corrected chi connectivity index (χ4v) is 2.84. The number of hydrogen-bond acceptors (Lipinski definition) is 2. The van der Waals surface area contributed by atoms with E-state index in [2.05, 4.69) is 5.32 Å². The van der Waals surface area contributed by atoms with Crippen LogP contribution in [-0.2, 0) is 4.79 Å². The number of aryl methyl sites for hydroxylation is 1. The lowest BCUT2D eigenvalue weighted by molar-refractivity contribution is -0.122. The van der Waals surface area contributed by atoms with Gasteiger partial charge in [-0.3, -0.25) is 4.79 Å². The van der Waals surface area contributed by atoms with Gasteiger partial charge in [-0.25, -0.2) is 0 Å². The highest BCUT2D eigenvalue weighted by Gasteiger charge is 2.19. The van der Waals surface area contributed by atoms with Crippen molar-refractivity contribution in [3.63, 3.8) is 0 Å². The van der Waals surface area contributed by atoms with Crippen LogP contribution in [-0.4, -0.2) is 12.0 Å². The van der Waals surface area contributed by atoms with E-state index in [0.717, 1.165) is 22.0 Å². The van der Waals surface area contributed by atoms with E-state index in [1.165, 1.54) is 0 Å². The highest BCUT2D eigenvalue weighted by atomic mass is 35.5. The molecule has 0 aliphatic rings. The fourth-order valence-electron chi connectivity index (χ4n) is 2.72. The van der Waals surface area contributed by atoms with Gasteiger partial charge in [0.25, 0.3) is 5.91 Å². The second-order valence-corrected chi connectivity index (χ2v) is 6.35. The molecule has 3 rings (SSSR count). The lowest BCUT2D eigenvalue weighted by Gasteiger charge is -2.18. The standard InChI is InChI=1S/C21H20ClNO2/c1-3-20(25-16-11-12-18(22)14(2)13-16)21(24)23-19-10-6-8-15-7-4-5-9-17(15)19/h4-13,20H,3H2,1-2H3,(H,23,24)/t20-/m1/s1. The molecular weight excluding hydrogens is 334 g/mol. The first-order valence-electron chi connectivity index (χ1n) is 8.30. The van der Waals surface area contributed by atoms with E-state index >= 15 is 0 Å². The number of fused-ring (bicyclic) bond motifs is 1. The Morgan fingerprint density at radius 3 is 2.64 bits per heavy atom. The highest BCUT2D eigenvalue weighted by molar-refractivity contribution is 6.31. The third-order valence-electron chi connectivity index (χ3n) is 4.12. The molecule has 3 nitrogen and oxygen atoms in total. The van der Waals surface area contributed by atoms with Gasteiger partial charge in [-0.2, -0.15) is 0 Å². The first kappa shape index (κ1) is 17.3. The Hall–Kier alpha value is -2.52. The van der Waals surface area contributed by atoms with Crippen molar-refractivity contribution in [3.05, 3.63) is 71.2 Å². The maximum absolute atomic E-state index is 12.7. The Balaban J connectivity index is 1.79. The lowest BCUT2D eigenvalue weighted by Crippen LogP contribution is -2.32. The first-order valence-corrected chi connectivity index (χ1v) is 8.67. The molecule has 0 spiro atoms. The van der Waals surface area contributed by atoms with Crippen molar-refractivity contribution in [2.24, 2.45) is 0 Å². The molecule has 1 N–H and O–H groups in total. The van der Waals surface area contributed by atoms with Gasteiger partial charge in [0.05, 0.1) is 0 Å². The number of anilines is 1. The van der Waals surface area contributed by atoms with Crippen molar-refractivity contribution in [1.29, 1.82) is 0 Å². The van der Waals surface area contributed by atoms with Gasteiger partial charge in [-0.05, 0) is 48.6 Å². The van der Waals surface area contributed by atoms with Crippen LogP contribution in [0.1, 0.15) is 18.9 Å². The van der Waals surface area contributed by atoms with Crippen LogP contribution in [0.25, 0.3) is 10.8 Å². The molecule has 1 amide bonds. The first-order chi connectivity index (χ1) is 12.1. The van der Waals surface area contributed by atoms with Crippen LogP contribution in [0, 0.1) is 6.92 Å². The van der Waals surface area contributed by atoms with Crippen molar-refractivity contribution < 1.29 is 9.53 Å². The molecule has 0 aliphatic carbocycles. The SMILES string of the molecule is CC[C@@H](Oc1ccc(Cl)c(C)c1)C(=O)Nc1cccc2ccccc12. The highest BCUT2D eigenvalue weighted by Crippen LogP contribution is 2.25.